The third kappa shape index (κ3) is 8.27. The minimum atomic E-state index is -0.450. The molecule has 30 heavy (non-hydrogen) atoms. The van der Waals surface area contributed by atoms with Crippen LogP contribution in [0.1, 0.15) is 33.6 Å². The molecule has 1 aliphatic heterocycles. The Balaban J connectivity index is 2.02. The summed E-state index contributed by atoms with van der Waals surface area (Å²) in [6, 6.07) is 0.231. The fourth-order valence-corrected chi connectivity index (χ4v) is 3.12. The molecule has 1 fully saturated rings. The maximum Gasteiger partial charge on any atom is 0.323 e. The van der Waals surface area contributed by atoms with Crippen molar-refractivity contribution in [2.45, 2.75) is 33.6 Å². The fraction of sp³-hybridized carbons (Fsp3) is 0.800. The van der Waals surface area contributed by atoms with E-state index < -0.39 is 5.91 Å². The lowest BCUT2D eigenvalue weighted by Gasteiger charge is -2.34. The lowest BCUT2D eigenvalue weighted by Crippen LogP contribution is -2.47. The van der Waals surface area contributed by atoms with Crippen LogP contribution in [0.15, 0.2) is 0 Å². The van der Waals surface area contributed by atoms with Crippen LogP contribution in [0.4, 0.5) is 11.9 Å². The van der Waals surface area contributed by atoms with Gasteiger partial charge in [-0.3, -0.25) is 9.69 Å². The third-order valence-corrected chi connectivity index (χ3v) is 4.82. The van der Waals surface area contributed by atoms with E-state index in [0.29, 0.717) is 37.6 Å². The van der Waals surface area contributed by atoms with Crippen molar-refractivity contribution in [2.75, 3.05) is 75.9 Å². The van der Waals surface area contributed by atoms with E-state index in [4.69, 9.17) is 15.2 Å². The van der Waals surface area contributed by atoms with Crippen LogP contribution in [0.3, 0.4) is 0 Å². The first kappa shape index (κ1) is 24.1. The second-order valence-corrected chi connectivity index (χ2v) is 8.01. The van der Waals surface area contributed by atoms with Crippen molar-refractivity contribution in [1.29, 1.82) is 0 Å². The quantitative estimate of drug-likeness (QED) is 0.460. The molecule has 1 amide bonds. The van der Waals surface area contributed by atoms with Gasteiger partial charge in [-0.1, -0.05) is 20.8 Å². The second kappa shape index (κ2) is 12.5. The van der Waals surface area contributed by atoms with E-state index in [1.165, 1.54) is 0 Å². The summed E-state index contributed by atoms with van der Waals surface area (Å²) in [5.74, 6) is 1.08. The summed E-state index contributed by atoms with van der Waals surface area (Å²) in [5, 5.41) is 0. The van der Waals surface area contributed by atoms with Gasteiger partial charge < -0.3 is 25.0 Å². The van der Waals surface area contributed by atoms with Gasteiger partial charge in [0.2, 0.25) is 17.8 Å². The summed E-state index contributed by atoms with van der Waals surface area (Å²) < 4.78 is 11.3. The van der Waals surface area contributed by atoms with Crippen molar-refractivity contribution in [3.63, 3.8) is 0 Å². The Hall–Kier alpha value is -2.20. The van der Waals surface area contributed by atoms with Crippen LogP contribution >= 0.6 is 0 Å². The summed E-state index contributed by atoms with van der Waals surface area (Å²) in [7, 11) is 1.72. The van der Waals surface area contributed by atoms with E-state index in [1.54, 1.807) is 11.9 Å². The lowest BCUT2D eigenvalue weighted by molar-refractivity contribution is -0.116. The van der Waals surface area contributed by atoms with E-state index in [2.05, 4.69) is 45.5 Å². The van der Waals surface area contributed by atoms with Crippen LogP contribution in [0.2, 0.25) is 0 Å². The number of rotatable bonds is 13. The first-order valence-corrected chi connectivity index (χ1v) is 10.8. The Morgan fingerprint density at radius 1 is 1.13 bits per heavy atom. The highest BCUT2D eigenvalue weighted by molar-refractivity contribution is 5.78. The molecule has 10 nitrogen and oxygen atoms in total. The van der Waals surface area contributed by atoms with Crippen LogP contribution in [0.25, 0.3) is 0 Å². The number of carbonyl (C=O) groups excluding carboxylic acids is 1. The average molecular weight is 424 g/mol. The molecule has 0 unspecified atom stereocenters. The summed E-state index contributed by atoms with van der Waals surface area (Å²) in [6.07, 6.45) is 2.16. The van der Waals surface area contributed by atoms with Gasteiger partial charge >= 0.3 is 6.01 Å². The van der Waals surface area contributed by atoms with Gasteiger partial charge in [0.05, 0.1) is 13.2 Å². The number of carbonyl (C=O) groups is 1. The van der Waals surface area contributed by atoms with Crippen LogP contribution in [-0.2, 0) is 9.53 Å². The zero-order valence-corrected chi connectivity index (χ0v) is 18.8. The molecular formula is C20H37N7O3. The van der Waals surface area contributed by atoms with E-state index in [9.17, 15) is 4.79 Å². The van der Waals surface area contributed by atoms with E-state index in [-0.39, 0.29) is 12.6 Å². The van der Waals surface area contributed by atoms with Crippen molar-refractivity contribution >= 4 is 17.8 Å². The molecule has 0 aromatic carbocycles. The molecule has 2 N–H and O–H groups in total. The van der Waals surface area contributed by atoms with Crippen LogP contribution in [0, 0.1) is 5.92 Å². The molecule has 1 aromatic heterocycles. The summed E-state index contributed by atoms with van der Waals surface area (Å²) in [6.45, 7) is 12.8. The van der Waals surface area contributed by atoms with Gasteiger partial charge in [0.1, 0.15) is 6.61 Å². The number of nitrogens with two attached hydrogens (primary N) is 1. The third-order valence-electron chi connectivity index (χ3n) is 4.82. The topological polar surface area (TPSA) is 110 Å². The van der Waals surface area contributed by atoms with Gasteiger partial charge in [-0.05, 0) is 25.3 Å². The number of ether oxygens (including phenoxy) is 2. The number of hydrogen-bond donors (Lipinski definition) is 1. The molecule has 0 bridgehead atoms. The first-order valence-electron chi connectivity index (χ1n) is 10.8. The SMILES string of the molecule is CCCN1CCN(c2nc(OCCOCCC(C)C)nc(N(C)CC(N)=O)n2)CC1. The summed E-state index contributed by atoms with van der Waals surface area (Å²) in [4.78, 5) is 30.9. The fourth-order valence-electron chi connectivity index (χ4n) is 3.12. The van der Waals surface area contributed by atoms with Gasteiger partial charge in [0, 0.05) is 39.8 Å². The Labute approximate surface area is 179 Å². The highest BCUT2D eigenvalue weighted by Crippen LogP contribution is 2.19. The van der Waals surface area contributed by atoms with Crippen LogP contribution in [0.5, 0.6) is 6.01 Å². The molecule has 0 spiro atoms. The van der Waals surface area contributed by atoms with Gasteiger partial charge in [0.15, 0.2) is 0 Å². The van der Waals surface area contributed by atoms with Gasteiger partial charge in [-0.2, -0.15) is 15.0 Å². The number of anilines is 2. The Kier molecular flexibility index (Phi) is 10.0. The normalized spacial score (nSPS) is 14.9. The monoisotopic (exact) mass is 423 g/mol. The maximum atomic E-state index is 11.3. The van der Waals surface area contributed by atoms with Crippen molar-refractivity contribution in [2.24, 2.45) is 11.7 Å². The predicted molar refractivity (Wildman–Crippen MR) is 117 cm³/mol. The highest BCUT2D eigenvalue weighted by Gasteiger charge is 2.21. The lowest BCUT2D eigenvalue weighted by atomic mass is 10.1. The summed E-state index contributed by atoms with van der Waals surface area (Å²) >= 11 is 0. The summed E-state index contributed by atoms with van der Waals surface area (Å²) in [5.41, 5.74) is 5.33. The smallest absolute Gasteiger partial charge is 0.323 e. The highest BCUT2D eigenvalue weighted by atomic mass is 16.5. The molecule has 1 aromatic rings. The number of hydrogen-bond acceptors (Lipinski definition) is 9. The number of likely N-dealkylation sites (N-methyl/N-ethyl adjacent to an activating group) is 1. The van der Waals surface area contributed by atoms with Gasteiger partial charge in [-0.25, -0.2) is 0 Å². The molecule has 170 valence electrons. The Bertz CT molecular complexity index is 651. The number of aromatic nitrogens is 3. The number of amides is 1. The standard InChI is InChI=1S/C20H37N7O3/c1-5-7-26-8-10-27(11-9-26)19-22-18(25(4)15-17(21)28)23-20(24-19)30-14-13-29-12-6-16(2)3/h16H,5-15H2,1-4H3,(H2,21,28). The predicted octanol–water partition coefficient (Wildman–Crippen LogP) is 0.767. The molecule has 1 aliphatic rings. The molecule has 0 radical (unpaired) electrons. The van der Waals surface area contributed by atoms with E-state index in [1.807, 2.05) is 0 Å². The molecule has 2 rings (SSSR count). The molecule has 0 atom stereocenters. The van der Waals surface area contributed by atoms with E-state index >= 15 is 0 Å². The molecule has 10 heteroatoms. The molecule has 2 heterocycles. The van der Waals surface area contributed by atoms with Crippen LogP contribution in [-0.4, -0.2) is 91.9 Å². The second-order valence-electron chi connectivity index (χ2n) is 8.01. The van der Waals surface area contributed by atoms with Crippen LogP contribution < -0.4 is 20.3 Å². The van der Waals surface area contributed by atoms with Gasteiger partial charge in [0.25, 0.3) is 0 Å². The minimum absolute atomic E-state index is 0.0193. The van der Waals surface area contributed by atoms with Gasteiger partial charge in [-0.15, -0.1) is 0 Å². The van der Waals surface area contributed by atoms with Crippen molar-refractivity contribution in [3.8, 4) is 6.01 Å². The number of primary amides is 1. The zero-order valence-electron chi connectivity index (χ0n) is 18.8. The Morgan fingerprint density at radius 2 is 1.87 bits per heavy atom. The maximum absolute atomic E-state index is 11.3. The number of piperazine rings is 1. The largest absolute Gasteiger partial charge is 0.461 e. The minimum Gasteiger partial charge on any atom is -0.461 e. The number of nitrogens with zero attached hydrogens (tertiary/aromatic N) is 6. The Morgan fingerprint density at radius 3 is 2.50 bits per heavy atom. The van der Waals surface area contributed by atoms with E-state index in [0.717, 1.165) is 45.6 Å². The molecule has 0 saturated carbocycles. The molecule has 1 saturated heterocycles. The average Bonchev–Trinajstić information content (AvgIpc) is 2.70. The zero-order chi connectivity index (χ0) is 21.9. The first-order chi connectivity index (χ1) is 14.4. The van der Waals surface area contributed by atoms with Crippen molar-refractivity contribution in [1.82, 2.24) is 19.9 Å². The van der Waals surface area contributed by atoms with Crippen molar-refractivity contribution < 1.29 is 14.3 Å². The van der Waals surface area contributed by atoms with Crippen molar-refractivity contribution in [3.05, 3.63) is 0 Å². The molecular weight excluding hydrogens is 386 g/mol. The molecule has 0 aliphatic carbocycles.